The van der Waals surface area contributed by atoms with Crippen LogP contribution in [0.2, 0.25) is 5.15 Å². The van der Waals surface area contributed by atoms with Gasteiger partial charge in [-0.25, -0.2) is 9.97 Å². The van der Waals surface area contributed by atoms with Crippen LogP contribution in [0.15, 0.2) is 66.9 Å². The highest BCUT2D eigenvalue weighted by Gasteiger charge is 2.16. The highest BCUT2D eigenvalue weighted by Crippen LogP contribution is 2.28. The van der Waals surface area contributed by atoms with Gasteiger partial charge < -0.3 is 5.32 Å². The molecule has 28 heavy (non-hydrogen) atoms. The van der Waals surface area contributed by atoms with Gasteiger partial charge in [0.25, 0.3) is 5.91 Å². The standard InChI is InChI=1S/C23H18ClN3O/c1-14-9-10-16(15(2)12-14)21-13-18(17-6-3-4-7-19(17)26-21)23(28)27-20-8-5-11-25-22(20)24/h3-13H,1-2H3,(H,27,28). The second-order valence-corrected chi connectivity index (χ2v) is 7.04. The monoisotopic (exact) mass is 387 g/mol. The quantitative estimate of drug-likeness (QED) is 0.450. The van der Waals surface area contributed by atoms with Gasteiger partial charge in [-0.3, -0.25) is 4.79 Å². The number of anilines is 1. The van der Waals surface area contributed by atoms with Gasteiger partial charge in [-0.2, -0.15) is 0 Å². The number of aryl methyl sites for hydroxylation is 2. The Kier molecular flexibility index (Phi) is 4.80. The first-order valence-corrected chi connectivity index (χ1v) is 9.30. The zero-order valence-corrected chi connectivity index (χ0v) is 16.3. The van der Waals surface area contributed by atoms with Crippen molar-refractivity contribution in [3.8, 4) is 11.3 Å². The molecule has 4 nitrogen and oxygen atoms in total. The summed E-state index contributed by atoms with van der Waals surface area (Å²) in [6, 6.07) is 19.1. The van der Waals surface area contributed by atoms with Crippen LogP contribution in [0.1, 0.15) is 21.5 Å². The molecule has 0 spiro atoms. The summed E-state index contributed by atoms with van der Waals surface area (Å²) in [6.45, 7) is 4.11. The van der Waals surface area contributed by atoms with Gasteiger partial charge in [0.15, 0.2) is 5.15 Å². The molecule has 2 aromatic carbocycles. The second-order valence-electron chi connectivity index (χ2n) is 6.69. The van der Waals surface area contributed by atoms with Crippen molar-refractivity contribution in [3.63, 3.8) is 0 Å². The van der Waals surface area contributed by atoms with Gasteiger partial charge in [0.05, 0.1) is 22.5 Å². The van der Waals surface area contributed by atoms with Crippen molar-refractivity contribution in [1.29, 1.82) is 0 Å². The van der Waals surface area contributed by atoms with Crippen molar-refractivity contribution in [2.75, 3.05) is 5.32 Å². The molecule has 5 heteroatoms. The fraction of sp³-hybridized carbons (Fsp3) is 0.0870. The number of benzene rings is 2. The van der Waals surface area contributed by atoms with Gasteiger partial charge in [-0.05, 0) is 43.7 Å². The van der Waals surface area contributed by atoms with Gasteiger partial charge >= 0.3 is 0 Å². The number of amides is 1. The van der Waals surface area contributed by atoms with Crippen LogP contribution in [0.3, 0.4) is 0 Å². The van der Waals surface area contributed by atoms with E-state index in [4.69, 9.17) is 16.6 Å². The van der Waals surface area contributed by atoms with Gasteiger partial charge in [0, 0.05) is 17.1 Å². The number of nitrogens with zero attached hydrogens (tertiary/aromatic N) is 2. The number of fused-ring (bicyclic) bond motifs is 1. The predicted octanol–water partition coefficient (Wildman–Crippen LogP) is 5.82. The van der Waals surface area contributed by atoms with Crippen molar-refractivity contribution < 1.29 is 4.79 Å². The predicted molar refractivity (Wildman–Crippen MR) is 114 cm³/mol. The molecule has 0 saturated heterocycles. The molecule has 4 aromatic rings. The lowest BCUT2D eigenvalue weighted by Crippen LogP contribution is -2.13. The molecule has 1 N–H and O–H groups in total. The summed E-state index contributed by atoms with van der Waals surface area (Å²) in [4.78, 5) is 21.9. The fourth-order valence-electron chi connectivity index (χ4n) is 3.27. The Morgan fingerprint density at radius 3 is 2.61 bits per heavy atom. The van der Waals surface area contributed by atoms with Crippen molar-refractivity contribution >= 4 is 34.1 Å². The van der Waals surface area contributed by atoms with E-state index in [-0.39, 0.29) is 11.1 Å². The summed E-state index contributed by atoms with van der Waals surface area (Å²) in [5, 5.41) is 3.90. The van der Waals surface area contributed by atoms with Gasteiger partial charge in [0.2, 0.25) is 0 Å². The molecule has 0 aliphatic heterocycles. The summed E-state index contributed by atoms with van der Waals surface area (Å²) in [6.07, 6.45) is 1.58. The number of hydrogen-bond donors (Lipinski definition) is 1. The third-order valence-electron chi connectivity index (χ3n) is 4.63. The van der Waals surface area contributed by atoms with E-state index >= 15 is 0 Å². The van der Waals surface area contributed by atoms with Crippen LogP contribution < -0.4 is 5.32 Å². The minimum Gasteiger partial charge on any atom is -0.319 e. The van der Waals surface area contributed by atoms with E-state index in [1.54, 1.807) is 18.3 Å². The summed E-state index contributed by atoms with van der Waals surface area (Å²) < 4.78 is 0. The molecule has 0 unspecified atom stereocenters. The molecule has 0 aliphatic carbocycles. The average molecular weight is 388 g/mol. The van der Waals surface area contributed by atoms with Gasteiger partial charge in [0.1, 0.15) is 0 Å². The van der Waals surface area contributed by atoms with E-state index in [0.29, 0.717) is 11.3 Å². The molecule has 0 aliphatic rings. The Balaban J connectivity index is 1.85. The Labute approximate surface area is 168 Å². The molecule has 0 saturated carbocycles. The maximum atomic E-state index is 13.1. The molecular formula is C23H18ClN3O. The normalized spacial score (nSPS) is 10.8. The van der Waals surface area contributed by atoms with Crippen molar-refractivity contribution in [2.45, 2.75) is 13.8 Å². The van der Waals surface area contributed by atoms with Crippen LogP contribution in [-0.2, 0) is 0 Å². The Morgan fingerprint density at radius 1 is 1.00 bits per heavy atom. The Hall–Kier alpha value is -3.24. The number of carbonyl (C=O) groups is 1. The third-order valence-corrected chi connectivity index (χ3v) is 4.93. The van der Waals surface area contributed by atoms with Crippen molar-refractivity contribution in [3.05, 3.63) is 88.7 Å². The molecule has 138 valence electrons. The molecule has 2 aromatic heterocycles. The number of aromatic nitrogens is 2. The van der Waals surface area contributed by atoms with E-state index in [9.17, 15) is 4.79 Å². The molecule has 0 radical (unpaired) electrons. The summed E-state index contributed by atoms with van der Waals surface area (Å²) >= 11 is 6.10. The number of nitrogens with one attached hydrogen (secondary N) is 1. The van der Waals surface area contributed by atoms with Crippen LogP contribution in [-0.4, -0.2) is 15.9 Å². The number of carbonyl (C=O) groups excluding carboxylic acids is 1. The molecule has 4 rings (SSSR count). The first-order valence-electron chi connectivity index (χ1n) is 8.92. The van der Waals surface area contributed by atoms with Crippen LogP contribution in [0.5, 0.6) is 0 Å². The lowest BCUT2D eigenvalue weighted by atomic mass is 9.99. The number of rotatable bonds is 3. The number of hydrogen-bond acceptors (Lipinski definition) is 3. The third kappa shape index (κ3) is 3.47. The molecule has 0 fully saturated rings. The molecular weight excluding hydrogens is 370 g/mol. The lowest BCUT2D eigenvalue weighted by molar-refractivity contribution is 0.102. The molecule has 1 amide bonds. The lowest BCUT2D eigenvalue weighted by Gasteiger charge is -2.12. The van der Waals surface area contributed by atoms with E-state index < -0.39 is 0 Å². The summed E-state index contributed by atoms with van der Waals surface area (Å²) in [7, 11) is 0. The zero-order valence-electron chi connectivity index (χ0n) is 15.5. The van der Waals surface area contributed by atoms with Crippen LogP contribution >= 0.6 is 11.6 Å². The number of pyridine rings is 2. The van der Waals surface area contributed by atoms with Crippen molar-refractivity contribution in [2.24, 2.45) is 0 Å². The minimum absolute atomic E-state index is 0.250. The Morgan fingerprint density at radius 2 is 1.82 bits per heavy atom. The maximum Gasteiger partial charge on any atom is 0.256 e. The minimum atomic E-state index is -0.250. The average Bonchev–Trinajstić information content (AvgIpc) is 2.69. The summed E-state index contributed by atoms with van der Waals surface area (Å²) in [5.74, 6) is -0.250. The van der Waals surface area contributed by atoms with Crippen LogP contribution in [0, 0.1) is 13.8 Å². The maximum absolute atomic E-state index is 13.1. The molecule has 0 bridgehead atoms. The van der Waals surface area contributed by atoms with Gasteiger partial charge in [-0.1, -0.05) is 53.6 Å². The second kappa shape index (κ2) is 7.41. The zero-order chi connectivity index (χ0) is 19.7. The van der Waals surface area contributed by atoms with E-state index in [1.165, 1.54) is 5.56 Å². The van der Waals surface area contributed by atoms with Crippen LogP contribution in [0.25, 0.3) is 22.2 Å². The highest BCUT2D eigenvalue weighted by molar-refractivity contribution is 6.32. The van der Waals surface area contributed by atoms with Gasteiger partial charge in [-0.15, -0.1) is 0 Å². The SMILES string of the molecule is Cc1ccc(-c2cc(C(=O)Nc3cccnc3Cl)c3ccccc3n2)c(C)c1. The van der Waals surface area contributed by atoms with E-state index in [0.717, 1.165) is 27.7 Å². The molecule has 2 heterocycles. The largest absolute Gasteiger partial charge is 0.319 e. The smallest absolute Gasteiger partial charge is 0.256 e. The first kappa shape index (κ1) is 18.1. The van der Waals surface area contributed by atoms with Crippen LogP contribution in [0.4, 0.5) is 5.69 Å². The summed E-state index contributed by atoms with van der Waals surface area (Å²) in [5.41, 5.74) is 5.85. The van der Waals surface area contributed by atoms with E-state index in [2.05, 4.69) is 23.3 Å². The number of halogens is 1. The Bertz CT molecular complexity index is 1200. The van der Waals surface area contributed by atoms with E-state index in [1.807, 2.05) is 49.4 Å². The highest BCUT2D eigenvalue weighted by atomic mass is 35.5. The fourth-order valence-corrected chi connectivity index (χ4v) is 3.44. The first-order chi connectivity index (χ1) is 13.5. The number of para-hydroxylation sites is 1. The topological polar surface area (TPSA) is 54.9 Å². The molecule has 0 atom stereocenters. The van der Waals surface area contributed by atoms with Crippen molar-refractivity contribution in [1.82, 2.24) is 9.97 Å².